The van der Waals surface area contributed by atoms with Crippen molar-refractivity contribution in [2.75, 3.05) is 12.4 Å². The van der Waals surface area contributed by atoms with E-state index in [1.165, 1.54) is 12.6 Å². The zero-order valence-corrected chi connectivity index (χ0v) is 14.3. The van der Waals surface area contributed by atoms with Gasteiger partial charge in [0.05, 0.1) is 4.90 Å². The van der Waals surface area contributed by atoms with Crippen LogP contribution in [0.4, 0.5) is 5.69 Å². The van der Waals surface area contributed by atoms with E-state index in [0.717, 1.165) is 15.7 Å². The number of anilines is 1. The Hall–Kier alpha value is -1.37. The molecule has 0 amide bonds. The molecule has 6 heteroatoms. The molecule has 0 spiro atoms. The molecule has 2 rings (SSSR count). The summed E-state index contributed by atoms with van der Waals surface area (Å²) in [6.45, 7) is 2.65. The van der Waals surface area contributed by atoms with Gasteiger partial charge in [-0.05, 0) is 49.4 Å². The normalized spacial score (nSPS) is 11.4. The Bertz CT molecular complexity index is 745. The lowest BCUT2D eigenvalue weighted by atomic mass is 10.1. The summed E-state index contributed by atoms with van der Waals surface area (Å²) in [4.78, 5) is 0.248. The van der Waals surface area contributed by atoms with Crippen LogP contribution < -0.4 is 10.0 Å². The highest BCUT2D eigenvalue weighted by Gasteiger charge is 2.11. The van der Waals surface area contributed by atoms with Gasteiger partial charge >= 0.3 is 0 Å². The van der Waals surface area contributed by atoms with Crippen molar-refractivity contribution in [1.29, 1.82) is 0 Å². The summed E-state index contributed by atoms with van der Waals surface area (Å²) in [5.74, 6) is 0. The fourth-order valence-electron chi connectivity index (χ4n) is 1.88. The van der Waals surface area contributed by atoms with Gasteiger partial charge in [0.15, 0.2) is 0 Å². The molecule has 2 aromatic carbocycles. The first-order valence-corrected chi connectivity index (χ1v) is 8.72. The van der Waals surface area contributed by atoms with Crippen LogP contribution in [0.1, 0.15) is 11.1 Å². The molecule has 0 atom stereocenters. The Morgan fingerprint density at radius 2 is 1.90 bits per heavy atom. The molecular formula is C15H17BrN2O2S. The lowest BCUT2D eigenvalue weighted by Crippen LogP contribution is -2.18. The van der Waals surface area contributed by atoms with Crippen LogP contribution in [0.2, 0.25) is 0 Å². The van der Waals surface area contributed by atoms with Crippen LogP contribution in [0.25, 0.3) is 0 Å². The number of sulfonamides is 1. The van der Waals surface area contributed by atoms with Gasteiger partial charge in [-0.25, -0.2) is 13.1 Å². The second-order valence-corrected chi connectivity index (χ2v) is 7.42. The minimum absolute atomic E-state index is 0.248. The Balaban J connectivity index is 2.16. The monoisotopic (exact) mass is 368 g/mol. The largest absolute Gasteiger partial charge is 0.381 e. The Morgan fingerprint density at radius 1 is 1.14 bits per heavy atom. The average molecular weight is 369 g/mol. The van der Waals surface area contributed by atoms with Crippen LogP contribution in [-0.4, -0.2) is 15.5 Å². The number of nitrogens with one attached hydrogen (secondary N) is 2. The summed E-state index contributed by atoms with van der Waals surface area (Å²) in [5, 5.41) is 3.24. The minimum atomic E-state index is -3.42. The molecule has 112 valence electrons. The first kappa shape index (κ1) is 16.0. The Morgan fingerprint density at radius 3 is 2.57 bits per heavy atom. The Kier molecular flexibility index (Phi) is 5.03. The van der Waals surface area contributed by atoms with Gasteiger partial charge in [0, 0.05) is 16.7 Å². The number of hydrogen-bond acceptors (Lipinski definition) is 3. The van der Waals surface area contributed by atoms with E-state index in [1.54, 1.807) is 18.2 Å². The standard InChI is InChI=1S/C15H17BrN2O2S/c1-11-6-7-12(15(16)8-11)10-18-13-4-3-5-14(9-13)21(19,20)17-2/h3-9,17-18H,10H2,1-2H3. The maximum atomic E-state index is 11.8. The molecule has 0 aliphatic carbocycles. The van der Waals surface area contributed by atoms with E-state index < -0.39 is 10.0 Å². The van der Waals surface area contributed by atoms with Crippen molar-refractivity contribution in [3.05, 3.63) is 58.1 Å². The molecule has 0 aliphatic heterocycles. The molecule has 0 fully saturated rings. The average Bonchev–Trinajstić information content (AvgIpc) is 2.46. The maximum absolute atomic E-state index is 11.8. The fraction of sp³-hybridized carbons (Fsp3) is 0.200. The number of hydrogen-bond donors (Lipinski definition) is 2. The number of aryl methyl sites for hydroxylation is 1. The van der Waals surface area contributed by atoms with Gasteiger partial charge < -0.3 is 5.32 Å². The second kappa shape index (κ2) is 6.60. The first-order valence-electron chi connectivity index (χ1n) is 6.45. The van der Waals surface area contributed by atoms with Gasteiger partial charge in [0.1, 0.15) is 0 Å². The van der Waals surface area contributed by atoms with E-state index >= 15 is 0 Å². The van der Waals surface area contributed by atoms with Gasteiger partial charge in [0.25, 0.3) is 0 Å². The summed E-state index contributed by atoms with van der Waals surface area (Å²) in [7, 11) is -2.02. The molecule has 0 saturated carbocycles. The van der Waals surface area contributed by atoms with E-state index in [0.29, 0.717) is 6.54 Å². The van der Waals surface area contributed by atoms with E-state index in [9.17, 15) is 8.42 Å². The molecule has 21 heavy (non-hydrogen) atoms. The summed E-state index contributed by atoms with van der Waals surface area (Å²) in [6, 6.07) is 12.9. The lowest BCUT2D eigenvalue weighted by molar-refractivity contribution is 0.588. The van der Waals surface area contributed by atoms with Crippen LogP contribution in [0.15, 0.2) is 51.8 Å². The molecule has 2 N–H and O–H groups in total. The van der Waals surface area contributed by atoms with Crippen LogP contribution in [0.5, 0.6) is 0 Å². The lowest BCUT2D eigenvalue weighted by Gasteiger charge is -2.10. The van der Waals surface area contributed by atoms with E-state index in [2.05, 4.69) is 32.0 Å². The topological polar surface area (TPSA) is 58.2 Å². The molecule has 0 aromatic heterocycles. The van der Waals surface area contributed by atoms with Gasteiger partial charge in [0.2, 0.25) is 10.0 Å². The molecule has 4 nitrogen and oxygen atoms in total. The highest BCUT2D eigenvalue weighted by Crippen LogP contribution is 2.21. The third-order valence-corrected chi connectivity index (χ3v) is 5.25. The van der Waals surface area contributed by atoms with Crippen LogP contribution in [-0.2, 0) is 16.6 Å². The zero-order valence-electron chi connectivity index (χ0n) is 11.9. The first-order chi connectivity index (χ1) is 9.92. The summed E-state index contributed by atoms with van der Waals surface area (Å²) >= 11 is 3.53. The highest BCUT2D eigenvalue weighted by atomic mass is 79.9. The molecule has 0 aliphatic rings. The van der Waals surface area contributed by atoms with Crippen LogP contribution >= 0.6 is 15.9 Å². The van der Waals surface area contributed by atoms with Crippen molar-refractivity contribution in [3.63, 3.8) is 0 Å². The highest BCUT2D eigenvalue weighted by molar-refractivity contribution is 9.10. The van der Waals surface area contributed by atoms with Gasteiger partial charge in [-0.2, -0.15) is 0 Å². The Labute approximate surface area is 133 Å². The van der Waals surface area contributed by atoms with Crippen molar-refractivity contribution < 1.29 is 8.42 Å². The maximum Gasteiger partial charge on any atom is 0.240 e. The second-order valence-electron chi connectivity index (χ2n) is 4.68. The van der Waals surface area contributed by atoms with E-state index in [4.69, 9.17) is 0 Å². The van der Waals surface area contributed by atoms with Crippen molar-refractivity contribution in [2.24, 2.45) is 0 Å². The molecule has 2 aromatic rings. The van der Waals surface area contributed by atoms with Crippen molar-refractivity contribution >= 4 is 31.6 Å². The smallest absolute Gasteiger partial charge is 0.240 e. The fourth-order valence-corrected chi connectivity index (χ4v) is 3.29. The molecular weight excluding hydrogens is 352 g/mol. The van der Waals surface area contributed by atoms with Crippen molar-refractivity contribution in [1.82, 2.24) is 4.72 Å². The summed E-state index contributed by atoms with van der Waals surface area (Å²) in [5.41, 5.74) is 3.06. The predicted molar refractivity (Wildman–Crippen MR) is 88.9 cm³/mol. The molecule has 0 unspecified atom stereocenters. The van der Waals surface area contributed by atoms with Gasteiger partial charge in [-0.1, -0.05) is 34.1 Å². The summed E-state index contributed by atoms with van der Waals surface area (Å²) < 4.78 is 26.9. The van der Waals surface area contributed by atoms with Crippen molar-refractivity contribution in [2.45, 2.75) is 18.4 Å². The number of rotatable bonds is 5. The molecule has 0 radical (unpaired) electrons. The van der Waals surface area contributed by atoms with E-state index in [-0.39, 0.29) is 4.90 Å². The van der Waals surface area contributed by atoms with Crippen LogP contribution in [0, 0.1) is 6.92 Å². The molecule has 0 heterocycles. The van der Waals surface area contributed by atoms with E-state index in [1.807, 2.05) is 25.1 Å². The molecule has 0 bridgehead atoms. The minimum Gasteiger partial charge on any atom is -0.381 e. The predicted octanol–water partition coefficient (Wildman–Crippen LogP) is 3.28. The number of halogens is 1. The quantitative estimate of drug-likeness (QED) is 0.851. The van der Waals surface area contributed by atoms with Gasteiger partial charge in [-0.15, -0.1) is 0 Å². The van der Waals surface area contributed by atoms with Crippen molar-refractivity contribution in [3.8, 4) is 0 Å². The third-order valence-electron chi connectivity index (χ3n) is 3.10. The van der Waals surface area contributed by atoms with Crippen LogP contribution in [0.3, 0.4) is 0 Å². The number of benzene rings is 2. The van der Waals surface area contributed by atoms with Gasteiger partial charge in [-0.3, -0.25) is 0 Å². The third kappa shape index (κ3) is 4.06. The SMILES string of the molecule is CNS(=O)(=O)c1cccc(NCc2ccc(C)cc2Br)c1. The zero-order chi connectivity index (χ0) is 15.5. The summed E-state index contributed by atoms with van der Waals surface area (Å²) in [6.07, 6.45) is 0. The molecule has 0 saturated heterocycles.